The molecule has 0 spiro atoms. The van der Waals surface area contributed by atoms with Gasteiger partial charge in [-0.1, -0.05) is 142 Å². The zero-order valence-corrected chi connectivity index (χ0v) is 35.5. The maximum atomic E-state index is 12.9. The van der Waals surface area contributed by atoms with Crippen LogP contribution in [0.15, 0.2) is 152 Å². The molecule has 0 aliphatic heterocycles. The molecule has 7 rings (SSSR count). The fourth-order valence-electron chi connectivity index (χ4n) is 7.32. The van der Waals surface area contributed by atoms with Gasteiger partial charge in [0.05, 0.1) is 28.9 Å². The lowest BCUT2D eigenvalue weighted by Gasteiger charge is -2.32. The maximum Gasteiger partial charge on any atom is 0.223 e. The highest BCUT2D eigenvalue weighted by Gasteiger charge is 2.33. The van der Waals surface area contributed by atoms with Gasteiger partial charge >= 0.3 is 0 Å². The number of carbonyl (C=O) groups is 1. The van der Waals surface area contributed by atoms with Crippen molar-refractivity contribution in [3.05, 3.63) is 184 Å². The number of aromatic nitrogens is 2. The Morgan fingerprint density at radius 1 is 0.810 bits per heavy atom. The molecule has 1 saturated carbocycles. The van der Waals surface area contributed by atoms with Gasteiger partial charge in [0.15, 0.2) is 0 Å². The smallest absolute Gasteiger partial charge is 0.223 e. The summed E-state index contributed by atoms with van der Waals surface area (Å²) in [6.45, 7) is 16.6. The molecule has 1 unspecified atom stereocenters. The second kappa shape index (κ2) is 19.9. The van der Waals surface area contributed by atoms with Crippen LogP contribution in [0.1, 0.15) is 89.5 Å². The number of benzene rings is 3. The molecule has 58 heavy (non-hydrogen) atoms. The first kappa shape index (κ1) is 40.9. The number of aryl methyl sites for hydroxylation is 1. The molecule has 2 atom stereocenters. The first-order valence-electron chi connectivity index (χ1n) is 20.7. The van der Waals surface area contributed by atoms with E-state index >= 15 is 0 Å². The van der Waals surface area contributed by atoms with Gasteiger partial charge in [-0.05, 0) is 66.4 Å². The summed E-state index contributed by atoms with van der Waals surface area (Å²) in [5, 5.41) is 5.44. The average molecular weight is 806 g/mol. The van der Waals surface area contributed by atoms with E-state index in [1.807, 2.05) is 30.6 Å². The van der Waals surface area contributed by atoms with Crippen molar-refractivity contribution in [2.75, 3.05) is 13.1 Å². The normalized spacial score (nSPS) is 15.3. The standard InChI is InChI=1S/C50H55N5OS2/c1-5-30-54(36(3)20-21-38-14-9-7-10-15-38)34-47-51-33-46(58-47)42-26-23-40(24-27-42)39-18-13-19-41(25-22-39)45-32-52-48(57-45)35-55(31-6-2)37(4)49(43-16-11-8-12-17-43)53-50(56)44-28-29-44/h7-19,22-27,32-33,39,44,49H,3-6,20-21,28-31,34-35H2,1-2H3,(H,53,56)/t39?,49-/m1/s1. The third kappa shape index (κ3) is 10.8. The van der Waals surface area contributed by atoms with Gasteiger partial charge in [-0.2, -0.15) is 0 Å². The van der Waals surface area contributed by atoms with Crippen LogP contribution in [0.25, 0.3) is 16.0 Å². The highest BCUT2D eigenvalue weighted by atomic mass is 32.1. The second-order valence-corrected chi connectivity index (χ2v) is 17.5. The molecular formula is C50H55N5OS2. The minimum atomic E-state index is -0.272. The molecular weight excluding hydrogens is 751 g/mol. The van der Waals surface area contributed by atoms with E-state index in [4.69, 9.17) is 9.97 Å². The zero-order valence-electron chi connectivity index (χ0n) is 33.9. The maximum absolute atomic E-state index is 12.9. The molecule has 8 heteroatoms. The molecule has 3 aromatic carbocycles. The Balaban J connectivity index is 0.961. The van der Waals surface area contributed by atoms with Gasteiger partial charge in [0.1, 0.15) is 10.0 Å². The number of hydrogen-bond donors (Lipinski definition) is 1. The van der Waals surface area contributed by atoms with Gasteiger partial charge in [0, 0.05) is 48.7 Å². The third-order valence-electron chi connectivity index (χ3n) is 10.8. The molecule has 2 heterocycles. The molecule has 0 saturated heterocycles. The Morgan fingerprint density at radius 2 is 1.45 bits per heavy atom. The van der Waals surface area contributed by atoms with Crippen molar-refractivity contribution in [1.82, 2.24) is 25.1 Å². The highest BCUT2D eigenvalue weighted by Crippen LogP contribution is 2.35. The van der Waals surface area contributed by atoms with Crippen molar-refractivity contribution < 1.29 is 4.79 Å². The van der Waals surface area contributed by atoms with E-state index in [-0.39, 0.29) is 23.8 Å². The summed E-state index contributed by atoms with van der Waals surface area (Å²) >= 11 is 3.49. The molecule has 1 N–H and O–H groups in total. The first-order chi connectivity index (χ1) is 28.4. The van der Waals surface area contributed by atoms with Crippen molar-refractivity contribution >= 4 is 34.2 Å². The van der Waals surface area contributed by atoms with Gasteiger partial charge in [0.25, 0.3) is 0 Å². The fourth-order valence-corrected chi connectivity index (χ4v) is 9.20. The molecule has 0 radical (unpaired) electrons. The van der Waals surface area contributed by atoms with E-state index < -0.39 is 0 Å². The van der Waals surface area contributed by atoms with Gasteiger partial charge < -0.3 is 15.1 Å². The summed E-state index contributed by atoms with van der Waals surface area (Å²) in [5.41, 5.74) is 8.06. The minimum absolute atomic E-state index is 0.119. The molecule has 6 nitrogen and oxygen atoms in total. The van der Waals surface area contributed by atoms with Gasteiger partial charge in [-0.3, -0.25) is 4.79 Å². The lowest BCUT2D eigenvalue weighted by atomic mass is 9.97. The van der Waals surface area contributed by atoms with E-state index in [9.17, 15) is 4.79 Å². The van der Waals surface area contributed by atoms with Crippen LogP contribution in [0, 0.1) is 5.92 Å². The van der Waals surface area contributed by atoms with Crippen LogP contribution in [0.2, 0.25) is 0 Å². The largest absolute Gasteiger partial charge is 0.369 e. The molecule has 2 aromatic heterocycles. The molecule has 5 aromatic rings. The van der Waals surface area contributed by atoms with Crippen LogP contribution in [0.3, 0.4) is 0 Å². The Hall–Kier alpha value is -5.31. The summed E-state index contributed by atoms with van der Waals surface area (Å²) in [5.74, 6) is 0.413. The van der Waals surface area contributed by atoms with Crippen LogP contribution in [0.5, 0.6) is 0 Å². The SMILES string of the molecule is C=C(CCc1ccccc1)N(CCC)Cc1ncc(-c2ccc(C3C=CC=C(c4cnc(CN(CCC)C(=C)[C@@H](NC(=O)C5CC5)c5ccccc5)s4)C=C3)cc2)s1. The summed E-state index contributed by atoms with van der Waals surface area (Å²) in [6, 6.07) is 29.5. The topological polar surface area (TPSA) is 61.4 Å². The van der Waals surface area contributed by atoms with E-state index in [0.29, 0.717) is 6.54 Å². The summed E-state index contributed by atoms with van der Waals surface area (Å²) in [7, 11) is 0. The predicted molar refractivity (Wildman–Crippen MR) is 243 cm³/mol. The number of rotatable bonds is 20. The molecule has 2 aliphatic rings. The molecule has 2 aliphatic carbocycles. The molecule has 1 fully saturated rings. The highest BCUT2D eigenvalue weighted by molar-refractivity contribution is 7.15. The van der Waals surface area contributed by atoms with E-state index in [1.54, 1.807) is 22.7 Å². The van der Waals surface area contributed by atoms with E-state index in [2.05, 4.69) is 139 Å². The third-order valence-corrected chi connectivity index (χ3v) is 12.9. The number of hydrogen-bond acceptors (Lipinski definition) is 7. The number of nitrogens with zero attached hydrogens (tertiary/aromatic N) is 4. The quantitative estimate of drug-likeness (QED) is 0.0849. The Morgan fingerprint density at radius 3 is 2.14 bits per heavy atom. The molecule has 298 valence electrons. The number of nitrogens with one attached hydrogen (secondary N) is 1. The van der Waals surface area contributed by atoms with Gasteiger partial charge in [-0.25, -0.2) is 9.97 Å². The average Bonchev–Trinajstić information content (AvgIpc) is 3.92. The van der Waals surface area contributed by atoms with E-state index in [0.717, 1.165) is 89.9 Å². The van der Waals surface area contributed by atoms with E-state index in [1.165, 1.54) is 27.3 Å². The summed E-state index contributed by atoms with van der Waals surface area (Å²) < 4.78 is 0. The lowest BCUT2D eigenvalue weighted by Crippen LogP contribution is -2.36. The Kier molecular flexibility index (Phi) is 14.0. The molecule has 1 amide bonds. The van der Waals surface area contributed by atoms with Gasteiger partial charge in [-0.15, -0.1) is 22.7 Å². The lowest BCUT2D eigenvalue weighted by molar-refractivity contribution is -0.122. The second-order valence-electron chi connectivity index (χ2n) is 15.3. The van der Waals surface area contributed by atoms with Crippen molar-refractivity contribution in [3.63, 3.8) is 0 Å². The summed E-state index contributed by atoms with van der Waals surface area (Å²) in [6.07, 6.45) is 21.0. The first-order valence-corrected chi connectivity index (χ1v) is 22.3. The fraction of sp³-hybridized carbons (Fsp3) is 0.300. The predicted octanol–water partition coefficient (Wildman–Crippen LogP) is 11.9. The Bertz CT molecular complexity index is 2230. The minimum Gasteiger partial charge on any atom is -0.369 e. The van der Waals surface area contributed by atoms with Crippen molar-refractivity contribution in [2.24, 2.45) is 5.92 Å². The Labute approximate surface area is 353 Å². The van der Waals surface area contributed by atoms with Crippen LogP contribution >= 0.6 is 22.7 Å². The number of allylic oxidation sites excluding steroid dienone is 7. The van der Waals surface area contributed by atoms with Gasteiger partial charge in [0.2, 0.25) is 5.91 Å². The van der Waals surface area contributed by atoms with Crippen LogP contribution < -0.4 is 5.32 Å². The number of amides is 1. The number of thiazole rings is 2. The van der Waals surface area contributed by atoms with Crippen LogP contribution in [-0.2, 0) is 24.3 Å². The van der Waals surface area contributed by atoms with Crippen molar-refractivity contribution in [2.45, 2.75) is 77.4 Å². The van der Waals surface area contributed by atoms with Crippen molar-refractivity contribution in [3.8, 4) is 10.4 Å². The number of carbonyl (C=O) groups excluding carboxylic acids is 1. The molecule has 0 bridgehead atoms. The monoisotopic (exact) mass is 805 g/mol. The van der Waals surface area contributed by atoms with Crippen LogP contribution in [-0.4, -0.2) is 38.8 Å². The summed E-state index contributed by atoms with van der Waals surface area (Å²) in [4.78, 5) is 29.6. The zero-order chi connectivity index (χ0) is 40.3. The van der Waals surface area contributed by atoms with Crippen molar-refractivity contribution in [1.29, 1.82) is 0 Å². The van der Waals surface area contributed by atoms with Crippen LogP contribution in [0.4, 0.5) is 0 Å².